The summed E-state index contributed by atoms with van der Waals surface area (Å²) in [5.74, 6) is 0. The lowest BCUT2D eigenvalue weighted by Gasteiger charge is -2.00. The Bertz CT molecular complexity index is 617. The first-order valence-electron chi connectivity index (χ1n) is 6.50. The number of fused-ring (bicyclic) bond motifs is 2. The summed E-state index contributed by atoms with van der Waals surface area (Å²) in [6.45, 7) is 2.06. The molecule has 0 spiro atoms. The normalized spacial score (nSPS) is 9.85. The number of carbonyl (C=O) groups excluding carboxylic acids is 1. The number of carbonyl (C=O) groups is 1. The quantitative estimate of drug-likeness (QED) is 0.675. The fourth-order valence-corrected chi connectivity index (χ4v) is 2.02. The van der Waals surface area contributed by atoms with Crippen molar-refractivity contribution in [1.82, 2.24) is 0 Å². The first kappa shape index (κ1) is 13.9. The molecule has 0 aliphatic heterocycles. The van der Waals surface area contributed by atoms with Gasteiger partial charge in [-0.1, -0.05) is 48.5 Å². The Morgan fingerprint density at radius 1 is 0.900 bits per heavy atom. The molecule has 20 heavy (non-hydrogen) atoms. The molecule has 3 rings (SSSR count). The fraction of sp³-hybridized carbons (Fsp3) is 0.118. The van der Waals surface area contributed by atoms with Crippen molar-refractivity contribution in [2.75, 3.05) is 6.61 Å². The van der Waals surface area contributed by atoms with E-state index in [1.807, 2.05) is 0 Å². The van der Waals surface area contributed by atoms with E-state index in [0.29, 0.717) is 6.61 Å². The maximum Gasteiger partial charge on any atom is 0.404 e. The maximum atomic E-state index is 9.60. The molecule has 0 fully saturated rings. The molecule has 0 heterocycles. The molecule has 0 aliphatic rings. The van der Waals surface area contributed by atoms with Gasteiger partial charge >= 0.3 is 6.09 Å². The highest BCUT2D eigenvalue weighted by molar-refractivity contribution is 5.98. The number of amides is 1. The molecule has 3 aromatic rings. The van der Waals surface area contributed by atoms with Crippen LogP contribution in [-0.4, -0.2) is 12.7 Å². The van der Waals surface area contributed by atoms with Crippen LogP contribution < -0.4 is 5.73 Å². The van der Waals surface area contributed by atoms with Gasteiger partial charge in [-0.25, -0.2) is 4.79 Å². The molecule has 0 radical (unpaired) electrons. The number of benzene rings is 3. The van der Waals surface area contributed by atoms with Gasteiger partial charge in [0.1, 0.15) is 0 Å². The molecule has 3 aromatic carbocycles. The van der Waals surface area contributed by atoms with Gasteiger partial charge < -0.3 is 10.5 Å². The van der Waals surface area contributed by atoms with Gasteiger partial charge in [-0.05, 0) is 40.6 Å². The summed E-state index contributed by atoms with van der Waals surface area (Å²) in [7, 11) is 0. The highest BCUT2D eigenvalue weighted by Gasteiger charge is 1.95. The van der Waals surface area contributed by atoms with Crippen LogP contribution in [-0.2, 0) is 4.74 Å². The van der Waals surface area contributed by atoms with E-state index in [1.165, 1.54) is 21.5 Å². The number of rotatable bonds is 1. The molecule has 0 saturated heterocycles. The summed E-state index contributed by atoms with van der Waals surface area (Å²) in [6.07, 6.45) is -0.711. The van der Waals surface area contributed by atoms with Crippen molar-refractivity contribution in [3.8, 4) is 0 Å². The van der Waals surface area contributed by atoms with Gasteiger partial charge in [-0.15, -0.1) is 0 Å². The van der Waals surface area contributed by atoms with Crippen LogP contribution in [0.15, 0.2) is 60.7 Å². The third kappa shape index (κ3) is 3.48. The highest BCUT2D eigenvalue weighted by atomic mass is 16.5. The van der Waals surface area contributed by atoms with Crippen molar-refractivity contribution in [2.45, 2.75) is 6.92 Å². The first-order chi connectivity index (χ1) is 9.70. The molecule has 1 amide bonds. The number of hydrogen-bond donors (Lipinski definition) is 1. The van der Waals surface area contributed by atoms with Crippen LogP contribution in [0.1, 0.15) is 6.92 Å². The summed E-state index contributed by atoms with van der Waals surface area (Å²) in [5, 5.41) is 5.25. The maximum absolute atomic E-state index is 9.60. The van der Waals surface area contributed by atoms with Gasteiger partial charge in [0.05, 0.1) is 6.61 Å². The van der Waals surface area contributed by atoms with Crippen molar-refractivity contribution in [1.29, 1.82) is 0 Å². The summed E-state index contributed by atoms with van der Waals surface area (Å²) in [6, 6.07) is 21.4. The lowest BCUT2D eigenvalue weighted by atomic mass is 10.0. The van der Waals surface area contributed by atoms with Crippen LogP contribution in [0.4, 0.5) is 4.79 Å². The van der Waals surface area contributed by atoms with Gasteiger partial charge in [0, 0.05) is 0 Å². The van der Waals surface area contributed by atoms with Crippen molar-refractivity contribution in [3.05, 3.63) is 60.7 Å². The molecular weight excluding hydrogens is 250 g/mol. The SMILES string of the molecule is CCOC(N)=O.c1ccc2cc3ccccc3cc2c1. The van der Waals surface area contributed by atoms with E-state index >= 15 is 0 Å². The van der Waals surface area contributed by atoms with Crippen molar-refractivity contribution in [3.63, 3.8) is 0 Å². The third-order valence-corrected chi connectivity index (χ3v) is 2.90. The monoisotopic (exact) mass is 267 g/mol. The van der Waals surface area contributed by atoms with Gasteiger partial charge in [0.15, 0.2) is 0 Å². The van der Waals surface area contributed by atoms with Crippen molar-refractivity contribution < 1.29 is 9.53 Å². The van der Waals surface area contributed by atoms with Gasteiger partial charge in [-0.2, -0.15) is 0 Å². The van der Waals surface area contributed by atoms with Crippen LogP contribution >= 0.6 is 0 Å². The number of ether oxygens (including phenoxy) is 1. The minimum Gasteiger partial charge on any atom is -0.450 e. The van der Waals surface area contributed by atoms with Crippen molar-refractivity contribution in [2.24, 2.45) is 5.73 Å². The Morgan fingerprint density at radius 2 is 1.25 bits per heavy atom. The predicted molar refractivity (Wildman–Crippen MR) is 82.7 cm³/mol. The van der Waals surface area contributed by atoms with E-state index in [1.54, 1.807) is 6.92 Å². The van der Waals surface area contributed by atoms with Crippen LogP contribution in [0.25, 0.3) is 21.5 Å². The smallest absolute Gasteiger partial charge is 0.404 e. The van der Waals surface area contributed by atoms with E-state index in [4.69, 9.17) is 0 Å². The van der Waals surface area contributed by atoms with E-state index in [-0.39, 0.29) is 0 Å². The van der Waals surface area contributed by atoms with Gasteiger partial charge in [0.2, 0.25) is 0 Å². The predicted octanol–water partition coefficient (Wildman–Crippen LogP) is 4.09. The molecule has 102 valence electrons. The van der Waals surface area contributed by atoms with Crippen LogP contribution in [0.3, 0.4) is 0 Å². The molecule has 0 saturated carbocycles. The molecule has 0 atom stereocenters. The zero-order valence-electron chi connectivity index (χ0n) is 11.4. The minimum atomic E-state index is -0.711. The molecule has 0 bridgehead atoms. The molecule has 0 aliphatic carbocycles. The van der Waals surface area contributed by atoms with Crippen LogP contribution in [0, 0.1) is 0 Å². The second kappa shape index (κ2) is 6.57. The van der Waals surface area contributed by atoms with Crippen LogP contribution in [0.5, 0.6) is 0 Å². The van der Waals surface area contributed by atoms with E-state index in [2.05, 4.69) is 71.1 Å². The summed E-state index contributed by atoms with van der Waals surface area (Å²) < 4.78 is 4.18. The number of hydrogen-bond acceptors (Lipinski definition) is 2. The molecule has 3 heteroatoms. The summed E-state index contributed by atoms with van der Waals surface area (Å²) in [4.78, 5) is 9.60. The Labute approximate surface area is 118 Å². The zero-order chi connectivity index (χ0) is 14.4. The standard InChI is InChI=1S/C14H10.C3H7NO2/c1-2-6-12-10-14-8-4-3-7-13(14)9-11(12)5-1;1-2-6-3(4)5/h1-10H;2H2,1H3,(H2,4,5). The van der Waals surface area contributed by atoms with Gasteiger partial charge in [-0.3, -0.25) is 0 Å². The molecule has 3 nitrogen and oxygen atoms in total. The first-order valence-corrected chi connectivity index (χ1v) is 6.50. The van der Waals surface area contributed by atoms with E-state index < -0.39 is 6.09 Å². The summed E-state index contributed by atoms with van der Waals surface area (Å²) >= 11 is 0. The van der Waals surface area contributed by atoms with Gasteiger partial charge in [0.25, 0.3) is 0 Å². The molecule has 2 N–H and O–H groups in total. The Morgan fingerprint density at radius 3 is 1.45 bits per heavy atom. The second-order valence-electron chi connectivity index (χ2n) is 4.30. The van der Waals surface area contributed by atoms with E-state index in [9.17, 15) is 4.79 Å². The lowest BCUT2D eigenvalue weighted by Crippen LogP contribution is -2.11. The molecule has 0 unspecified atom stereocenters. The topological polar surface area (TPSA) is 52.3 Å². The summed E-state index contributed by atoms with van der Waals surface area (Å²) in [5.41, 5.74) is 4.54. The Hall–Kier alpha value is -2.55. The lowest BCUT2D eigenvalue weighted by molar-refractivity contribution is 0.163. The second-order valence-corrected chi connectivity index (χ2v) is 4.30. The van der Waals surface area contributed by atoms with Crippen molar-refractivity contribution >= 4 is 27.6 Å². The Balaban J connectivity index is 0.000000212. The average Bonchev–Trinajstić information content (AvgIpc) is 2.45. The fourth-order valence-electron chi connectivity index (χ4n) is 2.02. The largest absolute Gasteiger partial charge is 0.450 e. The van der Waals surface area contributed by atoms with Crippen LogP contribution in [0.2, 0.25) is 0 Å². The molecule has 0 aromatic heterocycles. The zero-order valence-corrected chi connectivity index (χ0v) is 11.4. The minimum absolute atomic E-state index is 0.356. The number of nitrogens with two attached hydrogens (primary N) is 1. The highest BCUT2D eigenvalue weighted by Crippen LogP contribution is 2.21. The molecular formula is C17H17NO2. The Kier molecular flexibility index (Phi) is 4.56. The van der Waals surface area contributed by atoms with E-state index in [0.717, 1.165) is 0 Å². The third-order valence-electron chi connectivity index (χ3n) is 2.90. The number of primary amides is 1. The average molecular weight is 267 g/mol.